The van der Waals surface area contributed by atoms with Gasteiger partial charge in [-0.3, -0.25) is 4.79 Å². The van der Waals surface area contributed by atoms with E-state index in [2.05, 4.69) is 0 Å². The summed E-state index contributed by atoms with van der Waals surface area (Å²) in [6.45, 7) is 1.87. The van der Waals surface area contributed by atoms with Gasteiger partial charge in [0.05, 0.1) is 12.0 Å². The van der Waals surface area contributed by atoms with Crippen LogP contribution in [0.2, 0.25) is 0 Å². The second kappa shape index (κ2) is 7.07. The normalized spacial score (nSPS) is 13.4. The third kappa shape index (κ3) is 3.45. The number of anilines is 1. The second-order valence-electron chi connectivity index (χ2n) is 5.30. The van der Waals surface area contributed by atoms with Gasteiger partial charge >= 0.3 is 5.97 Å². The summed E-state index contributed by atoms with van der Waals surface area (Å²) in [6.07, 6.45) is 0.514. The van der Waals surface area contributed by atoms with Gasteiger partial charge in [-0.15, -0.1) is 0 Å². The zero-order valence-corrected chi connectivity index (χ0v) is 12.7. The highest BCUT2D eigenvalue weighted by atomic mass is 19.1. The quantitative estimate of drug-likeness (QED) is 0.872. The molecule has 0 aliphatic heterocycles. The van der Waals surface area contributed by atoms with E-state index in [-0.39, 0.29) is 11.9 Å². The largest absolute Gasteiger partial charge is 0.481 e. The Hall–Kier alpha value is -2.36. The van der Waals surface area contributed by atoms with Gasteiger partial charge < -0.3 is 10.0 Å². The van der Waals surface area contributed by atoms with Crippen LogP contribution in [0.5, 0.6) is 0 Å². The number of rotatable bonds is 6. The lowest BCUT2D eigenvalue weighted by molar-refractivity contribution is -0.142. The maximum atomic E-state index is 13.1. The third-order valence-corrected chi connectivity index (χ3v) is 3.93. The van der Waals surface area contributed by atoms with Gasteiger partial charge in [-0.25, -0.2) is 4.39 Å². The van der Waals surface area contributed by atoms with Gasteiger partial charge in [0.25, 0.3) is 0 Å². The summed E-state index contributed by atoms with van der Waals surface area (Å²) in [4.78, 5) is 13.5. The van der Waals surface area contributed by atoms with E-state index in [0.717, 1.165) is 11.3 Å². The SMILES string of the molecule is CCC(C(=O)O)C(c1ccccc1)N(C)c1ccc(F)cc1. The highest BCUT2D eigenvalue weighted by Crippen LogP contribution is 2.33. The van der Waals surface area contributed by atoms with Crippen molar-refractivity contribution in [1.82, 2.24) is 0 Å². The van der Waals surface area contributed by atoms with Gasteiger partial charge in [0.1, 0.15) is 5.82 Å². The van der Waals surface area contributed by atoms with Crippen LogP contribution in [-0.4, -0.2) is 18.1 Å². The van der Waals surface area contributed by atoms with Gasteiger partial charge in [-0.05, 0) is 36.2 Å². The molecule has 4 heteroatoms. The summed E-state index contributed by atoms with van der Waals surface area (Å²) in [5, 5.41) is 9.56. The fourth-order valence-electron chi connectivity index (χ4n) is 2.75. The Kier molecular flexibility index (Phi) is 5.15. The van der Waals surface area contributed by atoms with Crippen LogP contribution in [0.3, 0.4) is 0 Å². The van der Waals surface area contributed by atoms with Crippen molar-refractivity contribution in [1.29, 1.82) is 0 Å². The number of hydrogen-bond donors (Lipinski definition) is 1. The molecule has 116 valence electrons. The molecule has 2 rings (SSSR count). The highest BCUT2D eigenvalue weighted by molar-refractivity contribution is 5.72. The van der Waals surface area contributed by atoms with Crippen LogP contribution in [0.15, 0.2) is 54.6 Å². The first-order valence-corrected chi connectivity index (χ1v) is 7.30. The summed E-state index contributed by atoms with van der Waals surface area (Å²) in [5.74, 6) is -1.68. The van der Waals surface area contributed by atoms with Crippen LogP contribution < -0.4 is 4.90 Å². The Labute approximate surface area is 130 Å². The molecular formula is C18H20FNO2. The minimum Gasteiger partial charge on any atom is -0.481 e. The Balaban J connectivity index is 2.43. The van der Waals surface area contributed by atoms with Crippen molar-refractivity contribution < 1.29 is 14.3 Å². The highest BCUT2D eigenvalue weighted by Gasteiger charge is 2.31. The molecule has 3 nitrogen and oxygen atoms in total. The second-order valence-corrected chi connectivity index (χ2v) is 5.30. The number of aliphatic carboxylic acids is 1. The standard InChI is InChI=1S/C18H20FNO2/c1-3-16(18(21)22)17(13-7-5-4-6-8-13)20(2)15-11-9-14(19)10-12-15/h4-12,16-17H,3H2,1-2H3,(H,21,22). The molecule has 2 unspecified atom stereocenters. The predicted octanol–water partition coefficient (Wildman–Crippen LogP) is 4.11. The van der Waals surface area contributed by atoms with Crippen molar-refractivity contribution in [3.8, 4) is 0 Å². The fraction of sp³-hybridized carbons (Fsp3) is 0.278. The summed E-state index contributed by atoms with van der Waals surface area (Å²) in [7, 11) is 1.84. The molecule has 0 aliphatic carbocycles. The number of carboxylic acids is 1. The minimum absolute atomic E-state index is 0.307. The Bertz CT molecular complexity index is 613. The van der Waals surface area contributed by atoms with E-state index in [0.29, 0.717) is 6.42 Å². The van der Waals surface area contributed by atoms with Crippen molar-refractivity contribution >= 4 is 11.7 Å². The van der Waals surface area contributed by atoms with E-state index in [1.54, 1.807) is 12.1 Å². The molecule has 0 radical (unpaired) electrons. The van der Waals surface area contributed by atoms with Crippen molar-refractivity contribution in [3.05, 3.63) is 66.0 Å². The van der Waals surface area contributed by atoms with Gasteiger partial charge in [0.15, 0.2) is 0 Å². The summed E-state index contributed by atoms with van der Waals surface area (Å²) < 4.78 is 13.1. The minimum atomic E-state index is -0.828. The van der Waals surface area contributed by atoms with Gasteiger partial charge in [0.2, 0.25) is 0 Å². The molecule has 2 aromatic carbocycles. The summed E-state index contributed by atoms with van der Waals surface area (Å²) in [5.41, 5.74) is 1.72. The van der Waals surface area contributed by atoms with Gasteiger partial charge in [-0.1, -0.05) is 37.3 Å². The van der Waals surface area contributed by atoms with Crippen LogP contribution in [0, 0.1) is 11.7 Å². The average Bonchev–Trinajstić information content (AvgIpc) is 2.53. The average molecular weight is 301 g/mol. The van der Waals surface area contributed by atoms with Crippen molar-refractivity contribution in [3.63, 3.8) is 0 Å². The van der Waals surface area contributed by atoms with Crippen LogP contribution in [0.4, 0.5) is 10.1 Å². The first kappa shape index (κ1) is 16.0. The fourth-order valence-corrected chi connectivity index (χ4v) is 2.75. The first-order chi connectivity index (χ1) is 10.5. The summed E-state index contributed by atoms with van der Waals surface area (Å²) in [6, 6.07) is 15.3. The molecule has 0 saturated heterocycles. The smallest absolute Gasteiger partial charge is 0.308 e. The number of benzene rings is 2. The summed E-state index contributed by atoms with van der Waals surface area (Å²) >= 11 is 0. The lowest BCUT2D eigenvalue weighted by Crippen LogP contribution is -2.34. The molecule has 0 amide bonds. The molecule has 0 aliphatic rings. The van der Waals surface area contributed by atoms with E-state index in [1.807, 2.05) is 49.2 Å². The number of nitrogens with zero attached hydrogens (tertiary/aromatic N) is 1. The van der Waals surface area contributed by atoms with E-state index in [4.69, 9.17) is 0 Å². The molecule has 22 heavy (non-hydrogen) atoms. The Morgan fingerprint density at radius 2 is 1.73 bits per heavy atom. The molecule has 0 aromatic heterocycles. The van der Waals surface area contributed by atoms with E-state index < -0.39 is 11.9 Å². The molecular weight excluding hydrogens is 281 g/mol. The topological polar surface area (TPSA) is 40.5 Å². The maximum Gasteiger partial charge on any atom is 0.308 e. The lowest BCUT2D eigenvalue weighted by atomic mass is 9.89. The molecule has 0 bridgehead atoms. The molecule has 0 spiro atoms. The number of hydrogen-bond acceptors (Lipinski definition) is 2. The van der Waals surface area contributed by atoms with Crippen molar-refractivity contribution in [2.45, 2.75) is 19.4 Å². The number of carbonyl (C=O) groups is 1. The molecule has 2 atom stereocenters. The first-order valence-electron chi connectivity index (χ1n) is 7.30. The van der Waals surface area contributed by atoms with E-state index in [9.17, 15) is 14.3 Å². The van der Waals surface area contributed by atoms with Gasteiger partial charge in [0, 0.05) is 12.7 Å². The predicted molar refractivity (Wildman–Crippen MR) is 85.4 cm³/mol. The molecule has 2 aromatic rings. The Morgan fingerprint density at radius 1 is 1.14 bits per heavy atom. The molecule has 0 heterocycles. The van der Waals surface area contributed by atoms with E-state index in [1.165, 1.54) is 12.1 Å². The third-order valence-electron chi connectivity index (χ3n) is 3.93. The molecule has 0 fully saturated rings. The molecule has 1 N–H and O–H groups in total. The van der Waals surface area contributed by atoms with E-state index >= 15 is 0 Å². The number of halogens is 1. The van der Waals surface area contributed by atoms with Crippen LogP contribution in [-0.2, 0) is 4.79 Å². The monoisotopic (exact) mass is 301 g/mol. The van der Waals surface area contributed by atoms with Crippen LogP contribution in [0.25, 0.3) is 0 Å². The van der Waals surface area contributed by atoms with Crippen LogP contribution >= 0.6 is 0 Å². The number of carboxylic acid groups (broad SMARTS) is 1. The molecule has 0 saturated carbocycles. The maximum absolute atomic E-state index is 13.1. The van der Waals surface area contributed by atoms with Crippen LogP contribution in [0.1, 0.15) is 24.9 Å². The zero-order chi connectivity index (χ0) is 16.1. The van der Waals surface area contributed by atoms with Gasteiger partial charge in [-0.2, -0.15) is 0 Å². The Morgan fingerprint density at radius 3 is 2.23 bits per heavy atom. The lowest BCUT2D eigenvalue weighted by Gasteiger charge is -2.34. The zero-order valence-electron chi connectivity index (χ0n) is 12.7. The van der Waals surface area contributed by atoms with Crippen molar-refractivity contribution in [2.24, 2.45) is 5.92 Å². The van der Waals surface area contributed by atoms with Crippen molar-refractivity contribution in [2.75, 3.05) is 11.9 Å².